The number of nitrogens with one attached hydrogen (secondary N) is 1. The molecule has 6 heteroatoms. The standard InChI is InChI=1S/C17H12FN3OS/c18-13-5-3-12(4-6-13)17-21-15(10-23-17)16(22)20-14-7-1-11(9-19)2-8-14/h1-8,15H,10H2,(H,20,22). The molecule has 0 aliphatic carbocycles. The van der Waals surface area contributed by atoms with Gasteiger partial charge in [-0.15, -0.1) is 11.8 Å². The second-order valence-electron chi connectivity index (χ2n) is 4.95. The Balaban J connectivity index is 1.68. The summed E-state index contributed by atoms with van der Waals surface area (Å²) in [5.74, 6) is 0.0567. The van der Waals surface area contributed by atoms with Gasteiger partial charge in [0.1, 0.15) is 11.9 Å². The van der Waals surface area contributed by atoms with Gasteiger partial charge in [-0.25, -0.2) is 4.39 Å². The fourth-order valence-electron chi connectivity index (χ4n) is 2.11. The Labute approximate surface area is 137 Å². The third-order valence-corrected chi connectivity index (χ3v) is 4.42. The number of nitrogens with zero attached hydrogens (tertiary/aromatic N) is 2. The summed E-state index contributed by atoms with van der Waals surface area (Å²) in [6.07, 6.45) is 0. The predicted molar refractivity (Wildman–Crippen MR) is 89.0 cm³/mol. The van der Waals surface area contributed by atoms with Crippen LogP contribution in [-0.2, 0) is 4.79 Å². The summed E-state index contributed by atoms with van der Waals surface area (Å²) in [7, 11) is 0. The second kappa shape index (κ2) is 6.63. The summed E-state index contributed by atoms with van der Waals surface area (Å²) in [6, 6.07) is 14.3. The highest BCUT2D eigenvalue weighted by atomic mass is 32.2. The molecule has 0 aromatic heterocycles. The summed E-state index contributed by atoms with van der Waals surface area (Å²) in [4.78, 5) is 16.7. The summed E-state index contributed by atoms with van der Waals surface area (Å²) < 4.78 is 12.9. The van der Waals surface area contributed by atoms with E-state index in [-0.39, 0.29) is 11.7 Å². The minimum atomic E-state index is -0.476. The lowest BCUT2D eigenvalue weighted by Gasteiger charge is -2.07. The van der Waals surface area contributed by atoms with Crippen LogP contribution in [0.25, 0.3) is 0 Å². The highest BCUT2D eigenvalue weighted by Crippen LogP contribution is 2.24. The molecule has 0 radical (unpaired) electrons. The molecule has 0 saturated carbocycles. The third-order valence-electron chi connectivity index (χ3n) is 3.33. The first-order chi connectivity index (χ1) is 11.2. The molecule has 114 valence electrons. The molecule has 1 N–H and O–H groups in total. The van der Waals surface area contributed by atoms with Crippen LogP contribution in [0.2, 0.25) is 0 Å². The topological polar surface area (TPSA) is 65.2 Å². The molecule has 3 rings (SSSR count). The van der Waals surface area contributed by atoms with Crippen LogP contribution in [0.1, 0.15) is 11.1 Å². The zero-order chi connectivity index (χ0) is 16.2. The van der Waals surface area contributed by atoms with Crippen molar-refractivity contribution < 1.29 is 9.18 Å². The highest BCUT2D eigenvalue weighted by molar-refractivity contribution is 8.14. The average Bonchev–Trinajstić information content (AvgIpc) is 3.06. The number of rotatable bonds is 3. The van der Waals surface area contributed by atoms with E-state index in [0.29, 0.717) is 17.0 Å². The fraction of sp³-hybridized carbons (Fsp3) is 0.118. The quantitative estimate of drug-likeness (QED) is 0.942. The van der Waals surface area contributed by atoms with Gasteiger partial charge in [0.15, 0.2) is 0 Å². The van der Waals surface area contributed by atoms with Gasteiger partial charge >= 0.3 is 0 Å². The number of hydrogen-bond donors (Lipinski definition) is 1. The molecule has 1 amide bonds. The number of carbonyl (C=O) groups is 1. The number of hydrogen-bond acceptors (Lipinski definition) is 4. The minimum absolute atomic E-state index is 0.195. The van der Waals surface area contributed by atoms with Crippen molar-refractivity contribution in [1.82, 2.24) is 0 Å². The maximum Gasteiger partial charge on any atom is 0.250 e. The summed E-state index contributed by atoms with van der Waals surface area (Å²) in [5, 5.41) is 12.3. The first kappa shape index (κ1) is 15.3. The van der Waals surface area contributed by atoms with E-state index in [4.69, 9.17) is 5.26 Å². The van der Waals surface area contributed by atoms with Crippen LogP contribution in [-0.4, -0.2) is 22.7 Å². The van der Waals surface area contributed by atoms with E-state index in [0.717, 1.165) is 10.6 Å². The number of carbonyl (C=O) groups excluding carboxylic acids is 1. The first-order valence-electron chi connectivity index (χ1n) is 6.93. The molecular weight excluding hydrogens is 313 g/mol. The number of nitriles is 1. The van der Waals surface area contributed by atoms with E-state index in [1.807, 2.05) is 6.07 Å². The van der Waals surface area contributed by atoms with Gasteiger partial charge in [0.25, 0.3) is 0 Å². The van der Waals surface area contributed by atoms with Crippen molar-refractivity contribution in [2.75, 3.05) is 11.1 Å². The predicted octanol–water partition coefficient (Wildman–Crippen LogP) is 3.20. The normalized spacial score (nSPS) is 16.5. The van der Waals surface area contributed by atoms with Gasteiger partial charge in [0, 0.05) is 17.0 Å². The molecule has 23 heavy (non-hydrogen) atoms. The van der Waals surface area contributed by atoms with Crippen LogP contribution in [0, 0.1) is 17.1 Å². The molecule has 2 aromatic rings. The molecule has 1 aliphatic rings. The Morgan fingerprint density at radius 3 is 2.57 bits per heavy atom. The van der Waals surface area contributed by atoms with Crippen molar-refractivity contribution in [2.24, 2.45) is 4.99 Å². The molecule has 1 heterocycles. The van der Waals surface area contributed by atoms with Crippen molar-refractivity contribution in [3.63, 3.8) is 0 Å². The Morgan fingerprint density at radius 1 is 1.22 bits per heavy atom. The van der Waals surface area contributed by atoms with E-state index in [2.05, 4.69) is 10.3 Å². The minimum Gasteiger partial charge on any atom is -0.324 e. The zero-order valence-electron chi connectivity index (χ0n) is 12.0. The monoisotopic (exact) mass is 325 g/mol. The molecule has 1 unspecified atom stereocenters. The fourth-order valence-corrected chi connectivity index (χ4v) is 3.16. The van der Waals surface area contributed by atoms with Gasteiger partial charge in [-0.2, -0.15) is 5.26 Å². The number of amides is 1. The van der Waals surface area contributed by atoms with Crippen molar-refractivity contribution in [1.29, 1.82) is 5.26 Å². The molecule has 1 atom stereocenters. The summed E-state index contributed by atoms with van der Waals surface area (Å²) >= 11 is 1.48. The average molecular weight is 325 g/mol. The largest absolute Gasteiger partial charge is 0.324 e. The number of benzene rings is 2. The zero-order valence-corrected chi connectivity index (χ0v) is 12.8. The van der Waals surface area contributed by atoms with Crippen molar-refractivity contribution >= 4 is 28.4 Å². The number of anilines is 1. The van der Waals surface area contributed by atoms with E-state index < -0.39 is 6.04 Å². The maximum atomic E-state index is 12.9. The molecule has 4 nitrogen and oxygen atoms in total. The van der Waals surface area contributed by atoms with E-state index >= 15 is 0 Å². The van der Waals surface area contributed by atoms with Crippen LogP contribution >= 0.6 is 11.8 Å². The van der Waals surface area contributed by atoms with Gasteiger partial charge in [-0.05, 0) is 48.5 Å². The van der Waals surface area contributed by atoms with Crippen LogP contribution in [0.15, 0.2) is 53.5 Å². The number of aliphatic imine (C=N–C) groups is 1. The van der Waals surface area contributed by atoms with Crippen molar-refractivity contribution in [3.05, 3.63) is 65.5 Å². The number of halogens is 1. The highest BCUT2D eigenvalue weighted by Gasteiger charge is 2.25. The van der Waals surface area contributed by atoms with Crippen LogP contribution in [0.4, 0.5) is 10.1 Å². The third kappa shape index (κ3) is 3.58. The summed E-state index contributed by atoms with van der Waals surface area (Å²) in [6.45, 7) is 0. The van der Waals surface area contributed by atoms with E-state index in [9.17, 15) is 9.18 Å². The van der Waals surface area contributed by atoms with Crippen LogP contribution in [0.3, 0.4) is 0 Å². The van der Waals surface area contributed by atoms with Gasteiger partial charge in [0.2, 0.25) is 5.91 Å². The molecule has 0 fully saturated rings. The molecule has 0 bridgehead atoms. The van der Waals surface area contributed by atoms with Crippen molar-refractivity contribution in [2.45, 2.75) is 6.04 Å². The van der Waals surface area contributed by atoms with Crippen LogP contribution in [0.5, 0.6) is 0 Å². The molecule has 0 saturated heterocycles. The number of thioether (sulfide) groups is 1. The Hall–Kier alpha value is -2.65. The lowest BCUT2D eigenvalue weighted by molar-refractivity contribution is -0.116. The Kier molecular flexibility index (Phi) is 4.40. The Morgan fingerprint density at radius 2 is 1.91 bits per heavy atom. The smallest absolute Gasteiger partial charge is 0.250 e. The first-order valence-corrected chi connectivity index (χ1v) is 7.92. The van der Waals surface area contributed by atoms with Gasteiger partial charge < -0.3 is 5.32 Å². The lowest BCUT2D eigenvalue weighted by atomic mass is 10.2. The van der Waals surface area contributed by atoms with Gasteiger partial charge in [-0.1, -0.05) is 0 Å². The molecule has 0 spiro atoms. The van der Waals surface area contributed by atoms with Crippen molar-refractivity contribution in [3.8, 4) is 6.07 Å². The molecular formula is C17H12FN3OS. The second-order valence-corrected chi connectivity index (χ2v) is 5.96. The summed E-state index contributed by atoms with van der Waals surface area (Å²) in [5.41, 5.74) is 1.98. The van der Waals surface area contributed by atoms with E-state index in [1.165, 1.54) is 23.9 Å². The van der Waals surface area contributed by atoms with Gasteiger partial charge in [-0.3, -0.25) is 9.79 Å². The lowest BCUT2D eigenvalue weighted by Crippen LogP contribution is -2.26. The molecule has 1 aliphatic heterocycles. The Bertz CT molecular complexity index is 794. The maximum absolute atomic E-state index is 12.9. The van der Waals surface area contributed by atoms with Crippen LogP contribution < -0.4 is 5.32 Å². The van der Waals surface area contributed by atoms with E-state index in [1.54, 1.807) is 36.4 Å². The SMILES string of the molecule is N#Cc1ccc(NC(=O)C2CSC(c3ccc(F)cc3)=N2)cc1. The molecule has 2 aromatic carbocycles. The van der Waals surface area contributed by atoms with Gasteiger partial charge in [0.05, 0.1) is 16.7 Å².